The number of carbonyl (C=O) groups excluding carboxylic acids is 3. The van der Waals surface area contributed by atoms with Crippen LogP contribution < -0.4 is 10.2 Å². The Morgan fingerprint density at radius 1 is 1.03 bits per heavy atom. The third-order valence-corrected chi connectivity index (χ3v) is 7.18. The number of halogens is 1. The van der Waals surface area contributed by atoms with Crippen LogP contribution >= 0.6 is 11.6 Å². The molecule has 2 aromatic rings. The summed E-state index contributed by atoms with van der Waals surface area (Å²) in [6.07, 6.45) is 0.649. The second kappa shape index (κ2) is 6.65. The second-order valence-corrected chi connectivity index (χ2v) is 8.61. The lowest BCUT2D eigenvalue weighted by Crippen LogP contribution is -2.54. The van der Waals surface area contributed by atoms with E-state index in [1.54, 1.807) is 11.0 Å². The van der Waals surface area contributed by atoms with E-state index in [9.17, 15) is 14.4 Å². The monoisotopic (exact) mass is 423 g/mol. The summed E-state index contributed by atoms with van der Waals surface area (Å²) in [6, 6.07) is 14.7. The first-order valence-corrected chi connectivity index (χ1v) is 10.5. The molecule has 3 aliphatic rings. The maximum absolute atomic E-state index is 14.0. The number of imide groups is 1. The predicted octanol–water partition coefficient (Wildman–Crippen LogP) is 2.69. The Kier molecular flexibility index (Phi) is 4.27. The van der Waals surface area contributed by atoms with Gasteiger partial charge in [0, 0.05) is 29.4 Å². The highest BCUT2D eigenvalue weighted by atomic mass is 35.5. The van der Waals surface area contributed by atoms with Gasteiger partial charge in [0.2, 0.25) is 11.8 Å². The van der Waals surface area contributed by atoms with Gasteiger partial charge in [-0.25, -0.2) is 0 Å². The SMILES string of the molecule is CC[C@@H]1N[C@]2(C(=O)N(Cc3ccccc3Cl)c3ccccc32)[C@H]2C(=O)N(C)C(=O)[C@@H]12. The number of carbonyl (C=O) groups is 3. The van der Waals surface area contributed by atoms with E-state index in [1.165, 1.54) is 11.9 Å². The van der Waals surface area contributed by atoms with E-state index in [2.05, 4.69) is 5.32 Å². The van der Waals surface area contributed by atoms with Crippen molar-refractivity contribution in [3.8, 4) is 0 Å². The first-order valence-electron chi connectivity index (χ1n) is 10.2. The lowest BCUT2D eigenvalue weighted by molar-refractivity contribution is -0.141. The van der Waals surface area contributed by atoms with Crippen LogP contribution in [-0.4, -0.2) is 35.7 Å². The van der Waals surface area contributed by atoms with Crippen molar-refractivity contribution < 1.29 is 14.4 Å². The number of amides is 3. The van der Waals surface area contributed by atoms with Gasteiger partial charge in [-0.05, 0) is 24.1 Å². The molecule has 4 atom stereocenters. The fourth-order valence-corrected chi connectivity index (χ4v) is 5.59. The smallest absolute Gasteiger partial charge is 0.253 e. The van der Waals surface area contributed by atoms with Gasteiger partial charge in [0.05, 0.1) is 18.4 Å². The molecule has 30 heavy (non-hydrogen) atoms. The molecular weight excluding hydrogens is 402 g/mol. The molecule has 3 heterocycles. The number of hydrogen-bond acceptors (Lipinski definition) is 4. The first kappa shape index (κ1) is 19.3. The van der Waals surface area contributed by atoms with Crippen molar-refractivity contribution in [2.45, 2.75) is 31.5 Å². The van der Waals surface area contributed by atoms with Gasteiger partial charge in [-0.2, -0.15) is 0 Å². The molecule has 0 saturated carbocycles. The van der Waals surface area contributed by atoms with Crippen LogP contribution in [0.25, 0.3) is 0 Å². The Morgan fingerprint density at radius 3 is 2.47 bits per heavy atom. The summed E-state index contributed by atoms with van der Waals surface area (Å²) in [6.45, 7) is 2.27. The van der Waals surface area contributed by atoms with Crippen LogP contribution in [0.1, 0.15) is 24.5 Å². The number of hydrogen-bond donors (Lipinski definition) is 1. The van der Waals surface area contributed by atoms with Gasteiger partial charge in [-0.15, -0.1) is 0 Å². The fraction of sp³-hybridized carbons (Fsp3) is 0.348. The quantitative estimate of drug-likeness (QED) is 0.770. The normalized spacial score (nSPS) is 29.8. The Morgan fingerprint density at radius 2 is 1.73 bits per heavy atom. The number of nitrogens with zero attached hydrogens (tertiary/aromatic N) is 2. The van der Waals surface area contributed by atoms with Crippen LogP contribution in [0, 0.1) is 11.8 Å². The lowest BCUT2D eigenvalue weighted by atomic mass is 9.76. The van der Waals surface area contributed by atoms with Crippen molar-refractivity contribution >= 4 is 35.0 Å². The van der Waals surface area contributed by atoms with Gasteiger partial charge in [-0.1, -0.05) is 54.9 Å². The molecule has 2 aromatic carbocycles. The number of rotatable bonds is 3. The van der Waals surface area contributed by atoms with Gasteiger partial charge in [0.1, 0.15) is 5.54 Å². The molecule has 0 radical (unpaired) electrons. The summed E-state index contributed by atoms with van der Waals surface area (Å²) in [5.74, 6) is -1.99. The molecule has 5 rings (SSSR count). The number of anilines is 1. The molecule has 3 aliphatic heterocycles. The third-order valence-electron chi connectivity index (χ3n) is 6.81. The number of para-hydroxylation sites is 1. The molecule has 0 bridgehead atoms. The average molecular weight is 424 g/mol. The standard InChI is InChI=1S/C23H22ClN3O3/c1-3-16-18-19(21(29)26(2)20(18)28)23(25-16)14-9-5-7-11-17(14)27(22(23)30)12-13-8-4-6-10-15(13)24/h4-11,16,18-19,25H,3,12H2,1-2H3/t16-,18-,19+,23-/m0/s1. The summed E-state index contributed by atoms with van der Waals surface area (Å²) in [5, 5.41) is 4.03. The molecule has 7 heteroatoms. The zero-order valence-corrected chi connectivity index (χ0v) is 17.5. The fourth-order valence-electron chi connectivity index (χ4n) is 5.40. The van der Waals surface area contributed by atoms with E-state index < -0.39 is 17.4 Å². The Hall–Kier alpha value is -2.70. The summed E-state index contributed by atoms with van der Waals surface area (Å²) >= 11 is 6.37. The van der Waals surface area contributed by atoms with Crippen LogP contribution in [0.5, 0.6) is 0 Å². The second-order valence-electron chi connectivity index (χ2n) is 8.21. The molecule has 154 valence electrons. The highest BCUT2D eigenvalue weighted by Crippen LogP contribution is 2.55. The first-order chi connectivity index (χ1) is 14.4. The minimum atomic E-state index is -1.24. The number of benzene rings is 2. The van der Waals surface area contributed by atoms with Crippen molar-refractivity contribution in [1.29, 1.82) is 0 Å². The van der Waals surface area contributed by atoms with E-state index in [1.807, 2.05) is 49.4 Å². The molecule has 1 spiro atoms. The molecule has 0 unspecified atom stereocenters. The van der Waals surface area contributed by atoms with Crippen molar-refractivity contribution in [2.75, 3.05) is 11.9 Å². The average Bonchev–Trinajstić information content (AvgIpc) is 3.31. The third kappa shape index (κ3) is 2.32. The molecule has 6 nitrogen and oxygen atoms in total. The number of nitrogens with one attached hydrogen (secondary N) is 1. The Labute approximate surface area is 179 Å². The van der Waals surface area contributed by atoms with E-state index in [0.29, 0.717) is 18.0 Å². The topological polar surface area (TPSA) is 69.7 Å². The van der Waals surface area contributed by atoms with Crippen LogP contribution in [0.3, 0.4) is 0 Å². The number of fused-ring (bicyclic) bond motifs is 4. The van der Waals surface area contributed by atoms with Crippen LogP contribution in [0.15, 0.2) is 48.5 Å². The molecule has 3 amide bonds. The Balaban J connectivity index is 1.66. The molecular formula is C23H22ClN3O3. The Bertz CT molecular complexity index is 1090. The van der Waals surface area contributed by atoms with Gasteiger partial charge in [0.25, 0.3) is 5.91 Å². The van der Waals surface area contributed by atoms with Crippen LogP contribution in [0.2, 0.25) is 5.02 Å². The molecule has 2 saturated heterocycles. The minimum absolute atomic E-state index is 0.203. The van der Waals surface area contributed by atoms with Gasteiger partial charge in [0.15, 0.2) is 0 Å². The summed E-state index contributed by atoms with van der Waals surface area (Å²) in [7, 11) is 1.51. The predicted molar refractivity (Wildman–Crippen MR) is 113 cm³/mol. The van der Waals surface area contributed by atoms with Crippen molar-refractivity contribution in [1.82, 2.24) is 10.2 Å². The maximum atomic E-state index is 14.0. The van der Waals surface area contributed by atoms with Gasteiger partial charge < -0.3 is 4.90 Å². The van der Waals surface area contributed by atoms with Crippen molar-refractivity contribution in [3.05, 3.63) is 64.7 Å². The van der Waals surface area contributed by atoms with E-state index >= 15 is 0 Å². The zero-order chi connectivity index (χ0) is 21.2. The van der Waals surface area contributed by atoms with E-state index in [0.717, 1.165) is 16.8 Å². The highest BCUT2D eigenvalue weighted by Gasteiger charge is 2.70. The number of likely N-dealkylation sites (tertiary alicyclic amines) is 1. The van der Waals surface area contributed by atoms with Gasteiger partial charge in [-0.3, -0.25) is 24.6 Å². The zero-order valence-electron chi connectivity index (χ0n) is 16.8. The van der Waals surface area contributed by atoms with Crippen LogP contribution in [-0.2, 0) is 26.5 Å². The molecule has 0 aliphatic carbocycles. The lowest BCUT2D eigenvalue weighted by Gasteiger charge is -2.30. The van der Waals surface area contributed by atoms with E-state index in [-0.39, 0.29) is 23.8 Å². The maximum Gasteiger partial charge on any atom is 0.253 e. The van der Waals surface area contributed by atoms with E-state index in [4.69, 9.17) is 11.6 Å². The van der Waals surface area contributed by atoms with Crippen molar-refractivity contribution in [2.24, 2.45) is 11.8 Å². The summed E-state index contributed by atoms with van der Waals surface area (Å²) in [4.78, 5) is 42.9. The molecule has 0 aromatic heterocycles. The van der Waals surface area contributed by atoms with Crippen LogP contribution in [0.4, 0.5) is 5.69 Å². The summed E-state index contributed by atoms with van der Waals surface area (Å²) in [5.41, 5.74) is 1.09. The van der Waals surface area contributed by atoms with Gasteiger partial charge >= 0.3 is 0 Å². The molecule has 2 fully saturated rings. The highest BCUT2D eigenvalue weighted by molar-refractivity contribution is 6.31. The summed E-state index contributed by atoms with van der Waals surface area (Å²) < 4.78 is 0. The molecule has 1 N–H and O–H groups in total. The largest absolute Gasteiger partial charge is 0.306 e. The van der Waals surface area contributed by atoms with Crippen molar-refractivity contribution in [3.63, 3.8) is 0 Å². The minimum Gasteiger partial charge on any atom is -0.306 e.